The molecule has 0 spiro atoms. The van der Waals surface area contributed by atoms with Gasteiger partial charge in [0.15, 0.2) is 5.01 Å². The largest absolute Gasteiger partial charge is 0.496 e. The van der Waals surface area contributed by atoms with Crippen molar-refractivity contribution in [1.82, 2.24) is 15.5 Å². The molecule has 0 amide bonds. The van der Waals surface area contributed by atoms with E-state index in [0.717, 1.165) is 27.9 Å². The monoisotopic (exact) mass is 249 g/mol. The van der Waals surface area contributed by atoms with Gasteiger partial charge in [-0.1, -0.05) is 23.0 Å². The van der Waals surface area contributed by atoms with Crippen LogP contribution >= 0.6 is 11.3 Å². The molecule has 1 aromatic heterocycles. The van der Waals surface area contributed by atoms with Crippen molar-refractivity contribution in [3.8, 4) is 16.3 Å². The van der Waals surface area contributed by atoms with Crippen LogP contribution in [-0.2, 0) is 6.54 Å². The van der Waals surface area contributed by atoms with E-state index in [1.54, 1.807) is 18.4 Å². The highest BCUT2D eigenvalue weighted by Crippen LogP contribution is 2.32. The molecule has 0 saturated heterocycles. The Morgan fingerprint density at radius 3 is 2.88 bits per heavy atom. The van der Waals surface area contributed by atoms with E-state index in [1.165, 1.54) is 5.56 Å². The Balaban J connectivity index is 2.40. The van der Waals surface area contributed by atoms with Crippen molar-refractivity contribution in [2.45, 2.75) is 13.5 Å². The fraction of sp³-hybridized carbons (Fsp3) is 0.333. The lowest BCUT2D eigenvalue weighted by molar-refractivity contribution is 0.416. The van der Waals surface area contributed by atoms with E-state index in [1.807, 2.05) is 19.2 Å². The molecule has 0 fully saturated rings. The molecule has 1 heterocycles. The van der Waals surface area contributed by atoms with Gasteiger partial charge in [0.05, 0.1) is 12.7 Å². The highest BCUT2D eigenvalue weighted by atomic mass is 32.1. The first-order chi connectivity index (χ1) is 8.24. The minimum absolute atomic E-state index is 0.742. The zero-order valence-electron chi connectivity index (χ0n) is 10.2. The Hall–Kier alpha value is -1.46. The molecule has 2 rings (SSSR count). The number of nitrogens with one attached hydrogen (secondary N) is 1. The van der Waals surface area contributed by atoms with Crippen LogP contribution in [-0.4, -0.2) is 24.4 Å². The minimum atomic E-state index is 0.742. The highest BCUT2D eigenvalue weighted by Gasteiger charge is 2.11. The quantitative estimate of drug-likeness (QED) is 0.902. The summed E-state index contributed by atoms with van der Waals surface area (Å²) in [5.41, 5.74) is 2.19. The van der Waals surface area contributed by atoms with E-state index in [2.05, 4.69) is 28.5 Å². The van der Waals surface area contributed by atoms with E-state index in [-0.39, 0.29) is 0 Å². The number of ether oxygens (including phenoxy) is 1. The van der Waals surface area contributed by atoms with Crippen LogP contribution in [0.5, 0.6) is 5.75 Å². The van der Waals surface area contributed by atoms with E-state index in [4.69, 9.17) is 4.74 Å². The lowest BCUT2D eigenvalue weighted by Crippen LogP contribution is -2.04. The summed E-state index contributed by atoms with van der Waals surface area (Å²) in [7, 11) is 3.57. The smallest absolute Gasteiger partial charge is 0.151 e. The lowest BCUT2D eigenvalue weighted by atomic mass is 10.1. The molecule has 0 radical (unpaired) electrons. The summed E-state index contributed by atoms with van der Waals surface area (Å²) in [6, 6.07) is 6.06. The number of hydrogen-bond acceptors (Lipinski definition) is 5. The van der Waals surface area contributed by atoms with Gasteiger partial charge in [0, 0.05) is 6.54 Å². The van der Waals surface area contributed by atoms with Crippen LogP contribution in [0.25, 0.3) is 10.6 Å². The fourth-order valence-electron chi connectivity index (χ4n) is 1.57. The lowest BCUT2D eigenvalue weighted by Gasteiger charge is -2.05. The molecule has 0 aliphatic rings. The van der Waals surface area contributed by atoms with Gasteiger partial charge in [-0.3, -0.25) is 0 Å². The average molecular weight is 249 g/mol. The molecule has 1 N–H and O–H groups in total. The van der Waals surface area contributed by atoms with Gasteiger partial charge in [-0.05, 0) is 26.1 Å². The third kappa shape index (κ3) is 2.62. The first-order valence-electron chi connectivity index (χ1n) is 5.36. The number of methoxy groups -OCH3 is 1. The summed E-state index contributed by atoms with van der Waals surface area (Å²) in [5, 5.41) is 13.3. The van der Waals surface area contributed by atoms with E-state index in [9.17, 15) is 0 Å². The molecule has 5 heteroatoms. The van der Waals surface area contributed by atoms with Crippen molar-refractivity contribution < 1.29 is 4.74 Å². The van der Waals surface area contributed by atoms with Gasteiger partial charge in [-0.2, -0.15) is 0 Å². The fourth-order valence-corrected chi connectivity index (χ4v) is 2.45. The molecule has 0 aliphatic heterocycles. The number of benzene rings is 1. The van der Waals surface area contributed by atoms with Crippen LogP contribution in [0.2, 0.25) is 0 Å². The third-order valence-electron chi connectivity index (χ3n) is 2.38. The maximum absolute atomic E-state index is 5.35. The van der Waals surface area contributed by atoms with Gasteiger partial charge < -0.3 is 10.1 Å². The molecule has 17 heavy (non-hydrogen) atoms. The Labute approximate surface area is 105 Å². The predicted molar refractivity (Wildman–Crippen MR) is 69.4 cm³/mol. The van der Waals surface area contributed by atoms with Gasteiger partial charge in [0.25, 0.3) is 0 Å². The standard InChI is InChI=1S/C12H15N3OS/c1-8-4-5-10(16-3)9(6-8)12-15-14-11(17-12)7-13-2/h4-6,13H,7H2,1-3H3. The number of aromatic nitrogens is 2. The Kier molecular flexibility index (Phi) is 3.71. The maximum atomic E-state index is 5.35. The maximum Gasteiger partial charge on any atom is 0.151 e. The van der Waals surface area contributed by atoms with Crippen molar-refractivity contribution in [3.05, 3.63) is 28.8 Å². The van der Waals surface area contributed by atoms with E-state index < -0.39 is 0 Å². The molecular weight excluding hydrogens is 234 g/mol. The van der Waals surface area contributed by atoms with Crippen LogP contribution < -0.4 is 10.1 Å². The third-order valence-corrected chi connectivity index (χ3v) is 3.34. The Bertz CT molecular complexity index is 510. The summed E-state index contributed by atoms with van der Waals surface area (Å²) in [6.07, 6.45) is 0. The second kappa shape index (κ2) is 5.25. The number of nitrogens with zero attached hydrogens (tertiary/aromatic N) is 2. The average Bonchev–Trinajstić information content (AvgIpc) is 2.78. The van der Waals surface area contributed by atoms with E-state index >= 15 is 0 Å². The summed E-state index contributed by atoms with van der Waals surface area (Å²) in [4.78, 5) is 0. The zero-order chi connectivity index (χ0) is 12.3. The molecule has 1 aromatic carbocycles. The van der Waals surface area contributed by atoms with Gasteiger partial charge in [0.2, 0.25) is 0 Å². The highest BCUT2D eigenvalue weighted by molar-refractivity contribution is 7.14. The molecular formula is C12H15N3OS. The van der Waals surface area contributed by atoms with Crippen molar-refractivity contribution >= 4 is 11.3 Å². The molecule has 0 atom stereocenters. The second-order valence-electron chi connectivity index (χ2n) is 3.74. The van der Waals surface area contributed by atoms with Gasteiger partial charge in [0.1, 0.15) is 10.8 Å². The Morgan fingerprint density at radius 2 is 2.18 bits per heavy atom. The Morgan fingerprint density at radius 1 is 1.35 bits per heavy atom. The molecule has 0 saturated carbocycles. The van der Waals surface area contributed by atoms with Crippen molar-refractivity contribution in [1.29, 1.82) is 0 Å². The first kappa shape index (κ1) is 12.0. The van der Waals surface area contributed by atoms with Crippen LogP contribution in [0.1, 0.15) is 10.6 Å². The molecule has 0 aliphatic carbocycles. The summed E-state index contributed by atoms with van der Waals surface area (Å²) in [6.45, 7) is 2.80. The summed E-state index contributed by atoms with van der Waals surface area (Å²) < 4.78 is 5.35. The molecule has 4 nitrogen and oxygen atoms in total. The second-order valence-corrected chi connectivity index (χ2v) is 4.80. The number of hydrogen-bond donors (Lipinski definition) is 1. The van der Waals surface area contributed by atoms with Crippen molar-refractivity contribution in [3.63, 3.8) is 0 Å². The zero-order valence-corrected chi connectivity index (χ0v) is 11.0. The van der Waals surface area contributed by atoms with Gasteiger partial charge in [-0.25, -0.2) is 0 Å². The van der Waals surface area contributed by atoms with Crippen LogP contribution in [0.15, 0.2) is 18.2 Å². The minimum Gasteiger partial charge on any atom is -0.496 e. The van der Waals surface area contributed by atoms with Crippen LogP contribution in [0.4, 0.5) is 0 Å². The van der Waals surface area contributed by atoms with Gasteiger partial charge >= 0.3 is 0 Å². The molecule has 0 unspecified atom stereocenters. The van der Waals surface area contributed by atoms with Gasteiger partial charge in [-0.15, -0.1) is 10.2 Å². The normalized spacial score (nSPS) is 10.5. The number of aryl methyl sites for hydroxylation is 1. The number of rotatable bonds is 4. The SMILES string of the molecule is CNCc1nnc(-c2cc(C)ccc2OC)s1. The van der Waals surface area contributed by atoms with Crippen LogP contribution in [0, 0.1) is 6.92 Å². The molecule has 2 aromatic rings. The molecule has 90 valence electrons. The molecule has 0 bridgehead atoms. The van der Waals surface area contributed by atoms with Crippen molar-refractivity contribution in [2.75, 3.05) is 14.2 Å². The van der Waals surface area contributed by atoms with E-state index in [0.29, 0.717) is 0 Å². The van der Waals surface area contributed by atoms with Crippen LogP contribution in [0.3, 0.4) is 0 Å². The summed E-state index contributed by atoms with van der Waals surface area (Å²) in [5.74, 6) is 0.836. The predicted octanol–water partition coefficient (Wildman–Crippen LogP) is 2.24. The topological polar surface area (TPSA) is 47.0 Å². The van der Waals surface area contributed by atoms with Crippen molar-refractivity contribution in [2.24, 2.45) is 0 Å². The first-order valence-corrected chi connectivity index (χ1v) is 6.18. The summed E-state index contributed by atoms with van der Waals surface area (Å²) >= 11 is 1.58.